The van der Waals surface area contributed by atoms with Gasteiger partial charge in [-0.2, -0.15) is 0 Å². The Labute approximate surface area is 202 Å². The Hall–Kier alpha value is -3.15. The lowest BCUT2D eigenvalue weighted by Gasteiger charge is -2.43. The van der Waals surface area contributed by atoms with Gasteiger partial charge in [-0.25, -0.2) is 0 Å². The van der Waals surface area contributed by atoms with Crippen LogP contribution in [0.2, 0.25) is 0 Å². The number of fused-ring (bicyclic) bond motifs is 6. The summed E-state index contributed by atoms with van der Waals surface area (Å²) < 4.78 is 5.56. The fraction of sp³-hybridized carbons (Fsp3) is 0.276. The molecule has 0 N–H and O–H groups in total. The van der Waals surface area contributed by atoms with Gasteiger partial charge < -0.3 is 9.13 Å². The molecular weight excluding hydrogens is 438 g/mol. The van der Waals surface area contributed by atoms with Gasteiger partial charge in [-0.15, -0.1) is 11.3 Å². The van der Waals surface area contributed by atoms with Gasteiger partial charge in [0.15, 0.2) is 0 Å². The van der Waals surface area contributed by atoms with Crippen molar-refractivity contribution >= 4 is 32.3 Å². The van der Waals surface area contributed by atoms with Crippen molar-refractivity contribution in [3.63, 3.8) is 0 Å². The number of hydrogen-bond acceptors (Lipinski definition) is 3. The molecule has 2 bridgehead atoms. The summed E-state index contributed by atoms with van der Waals surface area (Å²) in [6.45, 7) is 3.87. The second-order valence-corrected chi connectivity index (χ2v) is 11.1. The van der Waals surface area contributed by atoms with E-state index in [1.165, 1.54) is 38.7 Å². The lowest BCUT2D eigenvalue weighted by molar-refractivity contribution is 0.115. The number of aromatic nitrogens is 2. The van der Waals surface area contributed by atoms with Crippen LogP contribution in [0.3, 0.4) is 0 Å². The standard InChI is InChI=1S/C29H27N3OS/c1-30-16-22(23-7-3-4-8-26(23)30)18-31-14-19-12-21(17-31)25-11-10-24(29(33)32(25)15-19)28-13-20-6-2-5-9-27(20)34-28/h2-11,13,16,19,21H,12,14-15,17-18H2,1H3/t19-,21+/m0/s1. The molecule has 1 saturated heterocycles. The molecule has 2 aromatic carbocycles. The Morgan fingerprint density at radius 1 is 0.971 bits per heavy atom. The van der Waals surface area contributed by atoms with Crippen LogP contribution in [-0.2, 0) is 20.1 Å². The second kappa shape index (κ2) is 7.69. The number of rotatable bonds is 3. The SMILES string of the molecule is Cn1cc(CN2C[C@@H]3C[C@H](C2)c2ccc(-c4cc5ccccc5s4)c(=O)n2C3)c2ccccc21. The summed E-state index contributed by atoms with van der Waals surface area (Å²) >= 11 is 1.72. The van der Waals surface area contributed by atoms with Crippen LogP contribution in [-0.4, -0.2) is 27.1 Å². The van der Waals surface area contributed by atoms with Crippen LogP contribution in [0, 0.1) is 5.92 Å². The van der Waals surface area contributed by atoms with Gasteiger partial charge in [0.1, 0.15) is 0 Å². The third-order valence-corrected chi connectivity index (χ3v) is 8.89. The molecule has 3 aromatic heterocycles. The van der Waals surface area contributed by atoms with Crippen molar-refractivity contribution in [2.24, 2.45) is 13.0 Å². The number of aryl methyl sites for hydroxylation is 1. The van der Waals surface area contributed by atoms with E-state index in [0.717, 1.165) is 36.6 Å². The van der Waals surface area contributed by atoms with E-state index in [-0.39, 0.29) is 5.56 Å². The fourth-order valence-electron chi connectivity index (χ4n) is 6.27. The smallest absolute Gasteiger partial charge is 0.259 e. The number of likely N-dealkylation sites (tertiary alicyclic amines) is 1. The van der Waals surface area contributed by atoms with Crippen LogP contribution >= 0.6 is 11.3 Å². The van der Waals surface area contributed by atoms with Gasteiger partial charge in [0, 0.05) is 71.5 Å². The van der Waals surface area contributed by atoms with Crippen molar-refractivity contribution in [3.05, 3.63) is 94.5 Å². The summed E-state index contributed by atoms with van der Waals surface area (Å²) in [5, 5.41) is 2.57. The predicted octanol–water partition coefficient (Wildman–Crippen LogP) is 5.84. The zero-order valence-corrected chi connectivity index (χ0v) is 20.1. The minimum atomic E-state index is 0.182. The van der Waals surface area contributed by atoms with Crippen LogP contribution < -0.4 is 5.56 Å². The molecule has 0 amide bonds. The Balaban J connectivity index is 1.20. The number of benzene rings is 2. The van der Waals surface area contributed by atoms with Crippen molar-refractivity contribution < 1.29 is 0 Å². The molecule has 0 saturated carbocycles. The van der Waals surface area contributed by atoms with Gasteiger partial charge >= 0.3 is 0 Å². The summed E-state index contributed by atoms with van der Waals surface area (Å²) in [7, 11) is 2.13. The molecule has 4 nitrogen and oxygen atoms in total. The molecule has 2 aliphatic heterocycles. The molecule has 7 rings (SSSR count). The maximum Gasteiger partial charge on any atom is 0.259 e. The molecule has 170 valence electrons. The van der Waals surface area contributed by atoms with Gasteiger partial charge in [-0.3, -0.25) is 9.69 Å². The predicted molar refractivity (Wildman–Crippen MR) is 141 cm³/mol. The van der Waals surface area contributed by atoms with Gasteiger partial charge in [0.25, 0.3) is 5.56 Å². The minimum absolute atomic E-state index is 0.182. The highest BCUT2D eigenvalue weighted by atomic mass is 32.1. The third kappa shape index (κ3) is 3.18. The Kier molecular flexibility index (Phi) is 4.58. The normalized spacial score (nSPS) is 20.1. The van der Waals surface area contributed by atoms with Crippen molar-refractivity contribution in [2.75, 3.05) is 13.1 Å². The molecular formula is C29H27N3OS. The monoisotopic (exact) mass is 465 g/mol. The third-order valence-electron chi connectivity index (χ3n) is 7.74. The number of hydrogen-bond donors (Lipinski definition) is 0. The number of piperidine rings is 1. The topological polar surface area (TPSA) is 30.2 Å². The molecule has 0 radical (unpaired) electrons. The fourth-order valence-corrected chi connectivity index (χ4v) is 7.35. The quantitative estimate of drug-likeness (QED) is 0.335. The van der Waals surface area contributed by atoms with E-state index >= 15 is 0 Å². The molecule has 5 aromatic rings. The first-order valence-electron chi connectivity index (χ1n) is 12.1. The van der Waals surface area contributed by atoms with Crippen molar-refractivity contribution in [1.29, 1.82) is 0 Å². The van der Waals surface area contributed by atoms with Crippen LogP contribution in [0.4, 0.5) is 0 Å². The molecule has 0 aliphatic carbocycles. The van der Waals surface area contributed by atoms with Crippen molar-refractivity contribution in [2.45, 2.75) is 25.4 Å². The van der Waals surface area contributed by atoms with E-state index < -0.39 is 0 Å². The average molecular weight is 466 g/mol. The molecule has 34 heavy (non-hydrogen) atoms. The highest BCUT2D eigenvalue weighted by Crippen LogP contribution is 2.38. The maximum atomic E-state index is 13.6. The van der Waals surface area contributed by atoms with Crippen molar-refractivity contribution in [3.8, 4) is 10.4 Å². The molecule has 5 heteroatoms. The minimum Gasteiger partial charge on any atom is -0.350 e. The Morgan fingerprint density at radius 2 is 1.82 bits per heavy atom. The maximum absolute atomic E-state index is 13.6. The van der Waals surface area contributed by atoms with Crippen LogP contribution in [0.5, 0.6) is 0 Å². The number of pyridine rings is 1. The highest BCUT2D eigenvalue weighted by Gasteiger charge is 2.35. The second-order valence-electron chi connectivity index (χ2n) is 10.0. The Bertz CT molecular complexity index is 1570. The first-order chi connectivity index (χ1) is 16.6. The molecule has 0 unspecified atom stereocenters. The Morgan fingerprint density at radius 3 is 2.74 bits per heavy atom. The highest BCUT2D eigenvalue weighted by molar-refractivity contribution is 7.22. The van der Waals surface area contributed by atoms with Crippen molar-refractivity contribution in [1.82, 2.24) is 14.0 Å². The van der Waals surface area contributed by atoms with E-state index in [0.29, 0.717) is 11.8 Å². The zero-order chi connectivity index (χ0) is 22.8. The largest absolute Gasteiger partial charge is 0.350 e. The van der Waals surface area contributed by atoms with Gasteiger partial charge in [0.2, 0.25) is 0 Å². The molecule has 1 fully saturated rings. The van der Waals surface area contributed by atoms with E-state index in [1.54, 1.807) is 11.3 Å². The van der Waals surface area contributed by atoms with E-state index in [2.05, 4.69) is 94.0 Å². The van der Waals surface area contributed by atoms with E-state index in [4.69, 9.17) is 0 Å². The summed E-state index contributed by atoms with van der Waals surface area (Å²) in [6.07, 6.45) is 3.47. The lowest BCUT2D eigenvalue weighted by atomic mass is 9.82. The molecule has 2 aliphatic rings. The molecule has 5 heterocycles. The summed E-state index contributed by atoms with van der Waals surface area (Å²) in [5.41, 5.74) is 4.93. The van der Waals surface area contributed by atoms with E-state index in [9.17, 15) is 4.79 Å². The summed E-state index contributed by atoms with van der Waals surface area (Å²) in [6, 6.07) is 23.5. The van der Waals surface area contributed by atoms with Gasteiger partial charge in [-0.05, 0) is 53.6 Å². The molecule has 2 atom stereocenters. The molecule has 0 spiro atoms. The first-order valence-corrected chi connectivity index (χ1v) is 12.9. The average Bonchev–Trinajstić information content (AvgIpc) is 3.41. The zero-order valence-electron chi connectivity index (χ0n) is 19.3. The number of thiophene rings is 1. The lowest BCUT2D eigenvalue weighted by Crippen LogP contribution is -2.46. The number of nitrogens with zero attached hydrogens (tertiary/aromatic N) is 3. The van der Waals surface area contributed by atoms with Crippen LogP contribution in [0.15, 0.2) is 77.7 Å². The number of para-hydroxylation sites is 1. The first kappa shape index (κ1) is 20.2. The van der Waals surface area contributed by atoms with E-state index in [1.807, 2.05) is 0 Å². The summed E-state index contributed by atoms with van der Waals surface area (Å²) in [4.78, 5) is 17.3. The van der Waals surface area contributed by atoms with Crippen LogP contribution in [0.1, 0.15) is 23.6 Å². The van der Waals surface area contributed by atoms with Gasteiger partial charge in [0.05, 0.1) is 5.56 Å². The van der Waals surface area contributed by atoms with Crippen LogP contribution in [0.25, 0.3) is 31.4 Å². The summed E-state index contributed by atoms with van der Waals surface area (Å²) in [5.74, 6) is 0.947. The van der Waals surface area contributed by atoms with Gasteiger partial charge in [-0.1, -0.05) is 36.4 Å².